The lowest BCUT2D eigenvalue weighted by atomic mass is 10.0. The van der Waals surface area contributed by atoms with E-state index < -0.39 is 92.6 Å². The SMILES string of the molecule is CCCCC(=O)C(CCCCNC)NC(=O)CNC(=O)C(CC[P+](C)=O)NC(=O)[C@H](CCCCNC(N)=NC)NC(=O)[C@H](CCCCNC)NC(=O)[C@H](CCO)NC(=O)[C@H](Cc1ccc(O)cc1)NC. The summed E-state index contributed by atoms with van der Waals surface area (Å²) in [5.74, 6) is -3.86. The molecule has 14 N–H and O–H groups in total. The molecule has 22 nitrogen and oxygen atoms in total. The molecule has 0 spiro atoms. The van der Waals surface area contributed by atoms with Gasteiger partial charge in [0.25, 0.3) is 0 Å². The second-order valence-corrected chi connectivity index (χ2v) is 18.9. The number of nitrogens with two attached hydrogens (primary N) is 1. The average Bonchev–Trinajstić information content (AvgIpc) is 3.34. The van der Waals surface area contributed by atoms with E-state index in [1.807, 2.05) is 14.0 Å². The molecule has 0 aliphatic carbocycles. The van der Waals surface area contributed by atoms with Gasteiger partial charge in [0.15, 0.2) is 11.7 Å². The minimum absolute atomic E-state index is 0.0554. The topological polar surface area (TPSA) is 336 Å². The monoisotopic (exact) mass is 1010 g/mol. The Kier molecular flexibility index (Phi) is 33.6. The van der Waals surface area contributed by atoms with Crippen molar-refractivity contribution >= 4 is 55.0 Å². The number of aliphatic hydroxyl groups is 1. The van der Waals surface area contributed by atoms with Gasteiger partial charge in [-0.05, 0) is 129 Å². The van der Waals surface area contributed by atoms with Gasteiger partial charge in [0.2, 0.25) is 35.4 Å². The number of unbranched alkanes of at least 4 members (excludes halogenated alkanes) is 4. The molecule has 0 saturated heterocycles. The van der Waals surface area contributed by atoms with Crippen LogP contribution in [0.3, 0.4) is 0 Å². The van der Waals surface area contributed by atoms with Crippen LogP contribution >= 0.6 is 7.80 Å². The standard InChI is InChI=1S/C47H83N12O10P/c1-7-8-18-40(62)34(15-9-12-25-49-2)55-41(63)31-54-42(64)38(24-29-70(6)69)59-44(66)36(17-11-14-27-53-47(48)52-5)56-43(65)35(16-10-13-26-50-3)57-45(67)37(23-28-60)58-46(68)39(51-4)30-32-19-21-33(61)22-20-32/h19-22,34-39,49-51,60H,7-18,23-31H2,1-6H3,(H9-,48,52,53,54,55,56,57,58,59,61,63,64,65,66,67,68)/p+1/t34?,35-,36-,37-,38?,39-/m0/s1. The molecular weight excluding hydrogens is 924 g/mol. The van der Waals surface area contributed by atoms with Crippen molar-refractivity contribution in [2.45, 2.75) is 139 Å². The molecule has 70 heavy (non-hydrogen) atoms. The number of phenolic OH excluding ortho intramolecular Hbond substituents is 1. The number of nitrogens with zero attached hydrogens (tertiary/aromatic N) is 1. The fourth-order valence-electron chi connectivity index (χ4n) is 7.24. The summed E-state index contributed by atoms with van der Waals surface area (Å²) in [5.41, 5.74) is 6.52. The van der Waals surface area contributed by atoms with E-state index in [2.05, 4.69) is 58.2 Å². The summed E-state index contributed by atoms with van der Waals surface area (Å²) in [7, 11) is 4.97. The molecule has 3 unspecified atom stereocenters. The first-order chi connectivity index (χ1) is 33.5. The number of ketones is 1. The molecule has 7 atom stereocenters. The van der Waals surface area contributed by atoms with Gasteiger partial charge in [-0.1, -0.05) is 30.0 Å². The number of hydrogen-bond acceptors (Lipinski definition) is 14. The highest BCUT2D eigenvalue weighted by molar-refractivity contribution is 7.43. The third-order valence-electron chi connectivity index (χ3n) is 11.5. The summed E-state index contributed by atoms with van der Waals surface area (Å²) in [6.45, 7) is 4.27. The number of likely N-dealkylation sites (N-methyl/N-ethyl adjacent to an activating group) is 1. The number of benzene rings is 1. The van der Waals surface area contributed by atoms with Gasteiger partial charge in [-0.3, -0.25) is 38.6 Å². The summed E-state index contributed by atoms with van der Waals surface area (Å²) in [6.07, 6.45) is 6.01. The van der Waals surface area contributed by atoms with E-state index in [1.54, 1.807) is 26.2 Å². The number of carbonyl (C=O) groups is 7. The molecule has 1 aromatic carbocycles. The number of hydrogen-bond donors (Lipinski definition) is 13. The van der Waals surface area contributed by atoms with Crippen LogP contribution in [0.1, 0.15) is 102 Å². The van der Waals surface area contributed by atoms with Crippen molar-refractivity contribution in [3.8, 4) is 5.75 Å². The molecule has 0 aliphatic heterocycles. The molecule has 0 radical (unpaired) electrons. The number of rotatable bonds is 39. The maximum absolute atomic E-state index is 14.2. The van der Waals surface area contributed by atoms with E-state index in [9.17, 15) is 48.3 Å². The molecule has 0 aromatic heterocycles. The van der Waals surface area contributed by atoms with Crippen molar-refractivity contribution in [1.29, 1.82) is 0 Å². The number of aliphatic hydroxyl groups excluding tert-OH is 1. The number of nitrogens with one attached hydrogen (secondary N) is 10. The number of amides is 6. The quantitative estimate of drug-likeness (QED) is 0.0172. The minimum Gasteiger partial charge on any atom is -0.508 e. The van der Waals surface area contributed by atoms with Gasteiger partial charge >= 0.3 is 7.80 Å². The van der Waals surface area contributed by atoms with Crippen molar-refractivity contribution < 1.29 is 48.3 Å². The second-order valence-electron chi connectivity index (χ2n) is 17.2. The summed E-state index contributed by atoms with van der Waals surface area (Å²) in [4.78, 5) is 99.5. The van der Waals surface area contributed by atoms with E-state index >= 15 is 0 Å². The van der Waals surface area contributed by atoms with Crippen LogP contribution in [-0.4, -0.2) is 167 Å². The van der Waals surface area contributed by atoms with E-state index in [0.717, 1.165) is 24.9 Å². The largest absolute Gasteiger partial charge is 0.508 e. The molecule has 396 valence electrons. The number of Topliss-reactive ketones (excluding diaryl/α,β-unsaturated/α-hetero) is 1. The van der Waals surface area contributed by atoms with Gasteiger partial charge in [-0.15, -0.1) is 0 Å². The predicted molar refractivity (Wildman–Crippen MR) is 272 cm³/mol. The van der Waals surface area contributed by atoms with Crippen molar-refractivity contribution in [3.05, 3.63) is 29.8 Å². The highest BCUT2D eigenvalue weighted by Gasteiger charge is 2.33. The fourth-order valence-corrected chi connectivity index (χ4v) is 7.86. The Morgan fingerprint density at radius 3 is 1.59 bits per heavy atom. The highest BCUT2D eigenvalue weighted by Crippen LogP contribution is 2.17. The predicted octanol–water partition coefficient (Wildman–Crippen LogP) is -0.464. The Hall–Kier alpha value is -5.28. The zero-order chi connectivity index (χ0) is 52.3. The molecule has 0 fully saturated rings. The van der Waals surface area contributed by atoms with Gasteiger partial charge in [-0.25, -0.2) is 0 Å². The first-order valence-electron chi connectivity index (χ1n) is 24.5. The maximum atomic E-state index is 14.2. The zero-order valence-corrected chi connectivity index (χ0v) is 43.1. The lowest BCUT2D eigenvalue weighted by molar-refractivity contribution is -0.135. The van der Waals surface area contributed by atoms with Gasteiger partial charge in [0, 0.05) is 33.0 Å². The fraction of sp³-hybridized carbons (Fsp3) is 0.702. The van der Waals surface area contributed by atoms with Gasteiger partial charge in [-0.2, -0.15) is 0 Å². The van der Waals surface area contributed by atoms with Crippen molar-refractivity contribution in [3.63, 3.8) is 0 Å². The molecule has 0 saturated carbocycles. The minimum atomic E-state index is -1.74. The van der Waals surface area contributed by atoms with Crippen LogP contribution in [0.25, 0.3) is 0 Å². The van der Waals surface area contributed by atoms with Crippen LogP contribution in [0.5, 0.6) is 5.75 Å². The smallest absolute Gasteiger partial charge is 0.335 e. The number of phenols is 1. The van der Waals surface area contributed by atoms with Crippen LogP contribution in [0, 0.1) is 0 Å². The molecule has 0 bridgehead atoms. The van der Waals surface area contributed by atoms with Crippen molar-refractivity contribution in [1.82, 2.24) is 53.2 Å². The van der Waals surface area contributed by atoms with Crippen LogP contribution in [0.2, 0.25) is 0 Å². The second kappa shape index (κ2) is 37.5. The first-order valence-corrected chi connectivity index (χ1v) is 26.4. The average molecular weight is 1010 g/mol. The Morgan fingerprint density at radius 2 is 1.11 bits per heavy atom. The van der Waals surface area contributed by atoms with Gasteiger partial charge in [0.1, 0.15) is 42.7 Å². The van der Waals surface area contributed by atoms with E-state index in [-0.39, 0.29) is 55.8 Å². The first kappa shape index (κ1) is 62.7. The molecule has 1 rings (SSSR count). The summed E-state index contributed by atoms with van der Waals surface area (Å²) in [5, 5.41) is 47.7. The van der Waals surface area contributed by atoms with Crippen LogP contribution < -0.4 is 58.9 Å². The molecule has 0 aliphatic rings. The third-order valence-corrected chi connectivity index (χ3v) is 12.3. The Labute approximate surface area is 415 Å². The number of guanidine groups is 1. The van der Waals surface area contributed by atoms with Crippen molar-refractivity contribution in [2.75, 3.05) is 73.8 Å². The number of aromatic hydroxyl groups is 1. The Bertz CT molecular complexity index is 1790. The summed E-state index contributed by atoms with van der Waals surface area (Å²) >= 11 is 0. The van der Waals surface area contributed by atoms with Crippen LogP contribution in [-0.2, 0) is 44.5 Å². The summed E-state index contributed by atoms with van der Waals surface area (Å²) in [6, 6.07) is -0.132. The molecule has 1 aromatic rings. The Morgan fingerprint density at radius 1 is 0.629 bits per heavy atom. The van der Waals surface area contributed by atoms with Crippen molar-refractivity contribution in [2.24, 2.45) is 10.7 Å². The third kappa shape index (κ3) is 27.2. The molecule has 0 heterocycles. The lowest BCUT2D eigenvalue weighted by Gasteiger charge is -2.27. The molecular formula is C47H84N12O10P+. The maximum Gasteiger partial charge on any atom is 0.335 e. The normalized spacial score (nSPS) is 14.2. The molecule has 23 heteroatoms. The number of aliphatic imine (C=N–C) groups is 1. The van der Waals surface area contributed by atoms with Crippen LogP contribution in [0.4, 0.5) is 0 Å². The van der Waals surface area contributed by atoms with Gasteiger partial charge in [0.05, 0.1) is 18.6 Å². The van der Waals surface area contributed by atoms with Gasteiger partial charge < -0.3 is 69.1 Å². The van der Waals surface area contributed by atoms with E-state index in [0.29, 0.717) is 64.5 Å². The Balaban J connectivity index is 3.37. The van der Waals surface area contributed by atoms with Crippen LogP contribution in [0.15, 0.2) is 29.3 Å². The van der Waals surface area contributed by atoms with E-state index in [1.165, 1.54) is 25.8 Å². The number of carbonyl (C=O) groups excluding carboxylic acids is 7. The molecule has 6 amide bonds. The zero-order valence-electron chi connectivity index (χ0n) is 42.3. The summed E-state index contributed by atoms with van der Waals surface area (Å²) < 4.78 is 12.3. The highest BCUT2D eigenvalue weighted by atomic mass is 31.1. The lowest BCUT2D eigenvalue weighted by Crippen LogP contribution is -2.59. The van der Waals surface area contributed by atoms with E-state index in [4.69, 9.17) is 5.73 Å².